The van der Waals surface area contributed by atoms with E-state index >= 15 is 0 Å². The van der Waals surface area contributed by atoms with Crippen LogP contribution in [-0.4, -0.2) is 52.4 Å². The number of nitrogens with zero attached hydrogens (tertiary/aromatic N) is 3. The Balaban J connectivity index is 1.73. The maximum atomic E-state index is 6.03. The lowest BCUT2D eigenvalue weighted by atomic mass is 10.2. The molecule has 9 heteroatoms. The summed E-state index contributed by atoms with van der Waals surface area (Å²) in [6, 6.07) is 1.99. The summed E-state index contributed by atoms with van der Waals surface area (Å²) in [5.41, 5.74) is 1.40. The standard InChI is InChI=1S/C19H29ClN4O4/c1-6-25-16(26-7-2)13-10-12-11-22-18(20)23-14(12)24(13)9-8-21-15-17(27-15)28-19(3,4)5/h10-11,15-17,21H,6-9H2,1-5H3. The Morgan fingerprint density at radius 3 is 2.64 bits per heavy atom. The minimum Gasteiger partial charge on any atom is -0.347 e. The van der Waals surface area contributed by atoms with Crippen LogP contribution in [0.2, 0.25) is 5.28 Å². The molecular formula is C19H29ClN4O4. The summed E-state index contributed by atoms with van der Waals surface area (Å²) in [6.45, 7) is 12.3. The Bertz CT molecular complexity index is 786. The van der Waals surface area contributed by atoms with Gasteiger partial charge in [-0.2, -0.15) is 4.98 Å². The fourth-order valence-electron chi connectivity index (χ4n) is 2.99. The summed E-state index contributed by atoms with van der Waals surface area (Å²) in [7, 11) is 0. The first kappa shape index (κ1) is 21.4. The lowest BCUT2D eigenvalue weighted by Gasteiger charge is -2.20. The van der Waals surface area contributed by atoms with Crippen LogP contribution in [0.3, 0.4) is 0 Å². The summed E-state index contributed by atoms with van der Waals surface area (Å²) >= 11 is 6.03. The summed E-state index contributed by atoms with van der Waals surface area (Å²) in [4.78, 5) is 8.48. The van der Waals surface area contributed by atoms with Crippen LogP contribution >= 0.6 is 11.6 Å². The molecule has 1 aliphatic heterocycles. The monoisotopic (exact) mass is 412 g/mol. The highest BCUT2D eigenvalue weighted by Gasteiger charge is 2.42. The van der Waals surface area contributed by atoms with Crippen LogP contribution in [0.25, 0.3) is 11.0 Å². The second-order valence-corrected chi connectivity index (χ2v) is 7.83. The van der Waals surface area contributed by atoms with Gasteiger partial charge in [0.2, 0.25) is 5.28 Å². The number of fused-ring (bicyclic) bond motifs is 1. The molecular weight excluding hydrogens is 384 g/mol. The molecule has 3 rings (SSSR count). The zero-order chi connectivity index (χ0) is 20.3. The van der Waals surface area contributed by atoms with Crippen molar-refractivity contribution < 1.29 is 18.9 Å². The summed E-state index contributed by atoms with van der Waals surface area (Å²) < 4.78 is 25.0. The number of rotatable bonds is 10. The largest absolute Gasteiger partial charge is 0.347 e. The molecule has 0 aromatic carbocycles. The third-order valence-electron chi connectivity index (χ3n) is 4.12. The van der Waals surface area contributed by atoms with Crippen LogP contribution in [0.1, 0.15) is 46.6 Å². The predicted molar refractivity (Wildman–Crippen MR) is 106 cm³/mol. The van der Waals surface area contributed by atoms with E-state index in [1.54, 1.807) is 6.20 Å². The van der Waals surface area contributed by atoms with Crippen LogP contribution in [0.15, 0.2) is 12.3 Å². The van der Waals surface area contributed by atoms with Gasteiger partial charge in [-0.25, -0.2) is 4.98 Å². The van der Waals surface area contributed by atoms with Crippen molar-refractivity contribution in [3.63, 3.8) is 0 Å². The number of epoxide rings is 1. The first-order chi connectivity index (χ1) is 13.3. The average Bonchev–Trinajstić information content (AvgIpc) is 3.23. The zero-order valence-electron chi connectivity index (χ0n) is 17.1. The van der Waals surface area contributed by atoms with Crippen LogP contribution in [0.4, 0.5) is 0 Å². The molecule has 2 aromatic heterocycles. The molecule has 0 bridgehead atoms. The molecule has 2 unspecified atom stereocenters. The van der Waals surface area contributed by atoms with E-state index in [1.165, 1.54) is 0 Å². The molecule has 0 saturated carbocycles. The lowest BCUT2D eigenvalue weighted by Crippen LogP contribution is -2.29. The molecule has 0 amide bonds. The van der Waals surface area contributed by atoms with Crippen LogP contribution in [-0.2, 0) is 25.5 Å². The first-order valence-corrected chi connectivity index (χ1v) is 10.0. The van der Waals surface area contributed by atoms with E-state index in [0.29, 0.717) is 26.3 Å². The van der Waals surface area contributed by atoms with E-state index in [9.17, 15) is 0 Å². The molecule has 8 nitrogen and oxygen atoms in total. The topological polar surface area (TPSA) is 83.0 Å². The predicted octanol–water partition coefficient (Wildman–Crippen LogP) is 3.24. The van der Waals surface area contributed by atoms with Crippen LogP contribution in [0, 0.1) is 0 Å². The number of nitrogens with one attached hydrogen (secondary N) is 1. The van der Waals surface area contributed by atoms with Gasteiger partial charge in [0.05, 0.1) is 11.3 Å². The first-order valence-electron chi connectivity index (χ1n) is 9.64. The Labute approximate surface area is 170 Å². The zero-order valence-corrected chi connectivity index (χ0v) is 17.8. The Hall–Kier alpha value is -1.29. The van der Waals surface area contributed by atoms with Gasteiger partial charge in [-0.15, -0.1) is 0 Å². The highest BCUT2D eigenvalue weighted by atomic mass is 35.5. The number of hydrogen-bond donors (Lipinski definition) is 1. The van der Waals surface area contributed by atoms with Gasteiger partial charge in [-0.3, -0.25) is 5.32 Å². The number of aromatic nitrogens is 3. The minimum atomic E-state index is -0.475. The quantitative estimate of drug-likeness (QED) is 0.364. The van der Waals surface area contributed by atoms with Crippen molar-refractivity contribution in [2.75, 3.05) is 19.8 Å². The summed E-state index contributed by atoms with van der Waals surface area (Å²) in [5.74, 6) is 0. The SMILES string of the molecule is CCOC(OCC)c1cc2cnc(Cl)nc2n1CCNC1OC1OC(C)(C)C. The van der Waals surface area contributed by atoms with E-state index in [-0.39, 0.29) is 23.4 Å². The van der Waals surface area contributed by atoms with Gasteiger partial charge in [-0.1, -0.05) is 0 Å². The van der Waals surface area contributed by atoms with Crippen molar-refractivity contribution in [2.45, 2.75) is 65.6 Å². The smallest absolute Gasteiger partial charge is 0.224 e. The maximum Gasteiger partial charge on any atom is 0.224 e. The molecule has 0 aliphatic carbocycles. The van der Waals surface area contributed by atoms with Crippen molar-refractivity contribution in [1.29, 1.82) is 0 Å². The number of ether oxygens (including phenoxy) is 4. The number of hydrogen-bond acceptors (Lipinski definition) is 7. The van der Waals surface area contributed by atoms with E-state index in [1.807, 2.05) is 45.3 Å². The second kappa shape index (κ2) is 9.02. The van der Waals surface area contributed by atoms with Crippen molar-refractivity contribution in [1.82, 2.24) is 19.9 Å². The fourth-order valence-corrected chi connectivity index (χ4v) is 3.12. The van der Waals surface area contributed by atoms with Crippen LogP contribution in [0.5, 0.6) is 0 Å². The van der Waals surface area contributed by atoms with Gasteiger partial charge >= 0.3 is 0 Å². The van der Waals surface area contributed by atoms with Gasteiger partial charge < -0.3 is 23.5 Å². The fraction of sp³-hybridized carbons (Fsp3) is 0.684. The van der Waals surface area contributed by atoms with Gasteiger partial charge in [-0.05, 0) is 52.3 Å². The van der Waals surface area contributed by atoms with E-state index in [0.717, 1.165) is 16.7 Å². The van der Waals surface area contributed by atoms with Crippen LogP contribution < -0.4 is 5.32 Å². The molecule has 0 spiro atoms. The minimum absolute atomic E-state index is 0.0997. The molecule has 1 N–H and O–H groups in total. The van der Waals surface area contributed by atoms with Crippen molar-refractivity contribution >= 4 is 22.6 Å². The Morgan fingerprint density at radius 2 is 2.00 bits per heavy atom. The molecule has 1 aliphatic rings. The van der Waals surface area contributed by atoms with Crippen molar-refractivity contribution in [2.24, 2.45) is 0 Å². The highest BCUT2D eigenvalue weighted by molar-refractivity contribution is 6.28. The third kappa shape index (κ3) is 5.40. The van der Waals surface area contributed by atoms with Gasteiger partial charge in [0, 0.05) is 37.9 Å². The third-order valence-corrected chi connectivity index (χ3v) is 4.30. The molecule has 2 aromatic rings. The highest BCUT2D eigenvalue weighted by Crippen LogP contribution is 2.28. The number of halogens is 1. The van der Waals surface area contributed by atoms with Crippen molar-refractivity contribution in [3.8, 4) is 0 Å². The average molecular weight is 413 g/mol. The van der Waals surface area contributed by atoms with Gasteiger partial charge in [0.25, 0.3) is 0 Å². The molecule has 3 heterocycles. The summed E-state index contributed by atoms with van der Waals surface area (Å²) in [6.07, 6.45) is 0.927. The lowest BCUT2D eigenvalue weighted by molar-refractivity contribution is -0.144. The van der Waals surface area contributed by atoms with Gasteiger partial charge in [0.1, 0.15) is 5.65 Å². The Kier molecular flexibility index (Phi) is 6.90. The van der Waals surface area contributed by atoms with E-state index < -0.39 is 6.29 Å². The van der Waals surface area contributed by atoms with Crippen molar-refractivity contribution in [3.05, 3.63) is 23.2 Å². The molecule has 156 valence electrons. The summed E-state index contributed by atoms with van der Waals surface area (Å²) in [5, 5.41) is 4.45. The molecule has 1 fully saturated rings. The van der Waals surface area contributed by atoms with E-state index in [4.69, 9.17) is 30.5 Å². The maximum absolute atomic E-state index is 6.03. The molecule has 2 atom stereocenters. The van der Waals surface area contributed by atoms with Gasteiger partial charge in [0.15, 0.2) is 18.8 Å². The molecule has 28 heavy (non-hydrogen) atoms. The Morgan fingerprint density at radius 1 is 1.29 bits per heavy atom. The molecule has 0 radical (unpaired) electrons. The second-order valence-electron chi connectivity index (χ2n) is 7.49. The van der Waals surface area contributed by atoms with E-state index in [2.05, 4.69) is 15.3 Å². The normalized spacial score (nSPS) is 19.7. The molecule has 1 saturated heterocycles.